The summed E-state index contributed by atoms with van der Waals surface area (Å²) < 4.78 is 12.5. The molecule has 0 aliphatic rings. The van der Waals surface area contributed by atoms with Crippen molar-refractivity contribution in [2.24, 2.45) is 0 Å². The number of aromatic amines is 1. The molecule has 7 nitrogen and oxygen atoms in total. The number of rotatable bonds is 5. The lowest BCUT2D eigenvalue weighted by Crippen LogP contribution is -2.10. The summed E-state index contributed by atoms with van der Waals surface area (Å²) in [6, 6.07) is 7.41. The molecule has 0 bridgehead atoms. The van der Waals surface area contributed by atoms with E-state index in [2.05, 4.69) is 30.8 Å². The van der Waals surface area contributed by atoms with Crippen molar-refractivity contribution in [1.82, 2.24) is 20.2 Å². The fourth-order valence-electron chi connectivity index (χ4n) is 2.29. The number of aryl methyl sites for hydroxylation is 1. The number of hydrogen-bond donors (Lipinski definition) is 3. The SMILES string of the molecule is Cc1[nH]ncc1Nc1ncc(Cl)c(Nc2ccccc2P(C)(C)=O)n1. The summed E-state index contributed by atoms with van der Waals surface area (Å²) >= 11 is 6.22. The van der Waals surface area contributed by atoms with Crippen molar-refractivity contribution in [3.05, 3.63) is 47.4 Å². The molecule has 130 valence electrons. The Kier molecular flexibility index (Phi) is 4.79. The number of hydrogen-bond acceptors (Lipinski definition) is 6. The van der Waals surface area contributed by atoms with Crippen LogP contribution in [0.25, 0.3) is 0 Å². The molecule has 2 heterocycles. The maximum absolute atomic E-state index is 12.5. The van der Waals surface area contributed by atoms with E-state index in [1.54, 1.807) is 19.5 Å². The van der Waals surface area contributed by atoms with E-state index in [0.29, 0.717) is 22.5 Å². The molecular weight excluding hydrogens is 359 g/mol. The lowest BCUT2D eigenvalue weighted by Gasteiger charge is -2.15. The largest absolute Gasteiger partial charge is 0.338 e. The molecule has 0 unspecified atom stereocenters. The van der Waals surface area contributed by atoms with Crippen LogP contribution in [0.5, 0.6) is 0 Å². The zero-order chi connectivity index (χ0) is 18.0. The highest BCUT2D eigenvalue weighted by Crippen LogP contribution is 2.38. The minimum atomic E-state index is -2.45. The number of aromatic nitrogens is 4. The van der Waals surface area contributed by atoms with E-state index in [4.69, 9.17) is 11.6 Å². The van der Waals surface area contributed by atoms with Crippen molar-refractivity contribution in [1.29, 1.82) is 0 Å². The molecule has 0 amide bonds. The van der Waals surface area contributed by atoms with Gasteiger partial charge in [-0.05, 0) is 32.4 Å². The fraction of sp³-hybridized carbons (Fsp3) is 0.188. The molecule has 2 aromatic heterocycles. The van der Waals surface area contributed by atoms with Crippen LogP contribution in [0, 0.1) is 6.92 Å². The molecule has 0 aliphatic carbocycles. The summed E-state index contributed by atoms with van der Waals surface area (Å²) in [5, 5.41) is 14.1. The van der Waals surface area contributed by atoms with Gasteiger partial charge in [0.15, 0.2) is 5.82 Å². The Balaban J connectivity index is 1.92. The monoisotopic (exact) mass is 376 g/mol. The molecule has 0 spiro atoms. The van der Waals surface area contributed by atoms with E-state index in [1.165, 1.54) is 6.20 Å². The van der Waals surface area contributed by atoms with Gasteiger partial charge in [-0.25, -0.2) is 4.98 Å². The average Bonchev–Trinajstić information content (AvgIpc) is 2.95. The molecule has 0 saturated heterocycles. The Morgan fingerprint density at radius 2 is 1.88 bits per heavy atom. The van der Waals surface area contributed by atoms with Crippen LogP contribution in [0.15, 0.2) is 36.7 Å². The predicted molar refractivity (Wildman–Crippen MR) is 102 cm³/mol. The van der Waals surface area contributed by atoms with Gasteiger partial charge in [-0.15, -0.1) is 0 Å². The third-order valence-electron chi connectivity index (χ3n) is 3.56. The normalized spacial score (nSPS) is 11.4. The summed E-state index contributed by atoms with van der Waals surface area (Å²) in [6.45, 7) is 5.34. The van der Waals surface area contributed by atoms with Crippen LogP contribution in [0.4, 0.5) is 23.1 Å². The van der Waals surface area contributed by atoms with E-state index in [-0.39, 0.29) is 0 Å². The Bertz CT molecular complexity index is 951. The average molecular weight is 377 g/mol. The van der Waals surface area contributed by atoms with Crippen LogP contribution < -0.4 is 15.9 Å². The first-order valence-corrected chi connectivity index (χ1v) is 10.5. The minimum Gasteiger partial charge on any atom is -0.338 e. The van der Waals surface area contributed by atoms with Gasteiger partial charge in [-0.2, -0.15) is 10.1 Å². The van der Waals surface area contributed by atoms with Crippen molar-refractivity contribution in [3.63, 3.8) is 0 Å². The Morgan fingerprint density at radius 3 is 2.56 bits per heavy atom. The maximum Gasteiger partial charge on any atom is 0.229 e. The van der Waals surface area contributed by atoms with Gasteiger partial charge in [0, 0.05) is 5.30 Å². The summed E-state index contributed by atoms with van der Waals surface area (Å²) in [5.41, 5.74) is 2.36. The highest BCUT2D eigenvalue weighted by Gasteiger charge is 2.17. The van der Waals surface area contributed by atoms with E-state index >= 15 is 0 Å². The standard InChI is InChI=1S/C16H18ClN6OP/c1-10-13(9-19-23-10)21-16-18-8-11(17)15(22-16)20-12-6-4-5-7-14(12)25(2,3)24/h4-9H,1-3H3,(H,19,23)(H2,18,20,21,22). The Hall–Kier alpha value is -2.37. The zero-order valence-corrected chi connectivity index (χ0v) is 15.7. The molecule has 0 saturated carbocycles. The molecule has 9 heteroatoms. The maximum atomic E-state index is 12.5. The minimum absolute atomic E-state index is 0.367. The molecule has 3 aromatic rings. The van der Waals surface area contributed by atoms with Crippen LogP contribution in [-0.4, -0.2) is 33.5 Å². The van der Waals surface area contributed by atoms with Crippen LogP contribution >= 0.6 is 18.7 Å². The van der Waals surface area contributed by atoms with Crippen LogP contribution in [-0.2, 0) is 4.57 Å². The quantitative estimate of drug-likeness (QED) is 0.584. The van der Waals surface area contributed by atoms with E-state index < -0.39 is 7.14 Å². The van der Waals surface area contributed by atoms with Crippen LogP contribution in [0.2, 0.25) is 5.02 Å². The first kappa shape index (κ1) is 17.5. The van der Waals surface area contributed by atoms with E-state index in [0.717, 1.165) is 16.7 Å². The summed E-state index contributed by atoms with van der Waals surface area (Å²) in [4.78, 5) is 8.59. The number of H-pyrrole nitrogens is 1. The summed E-state index contributed by atoms with van der Waals surface area (Å²) in [5.74, 6) is 0.811. The number of nitrogens with one attached hydrogen (secondary N) is 3. The molecule has 0 atom stereocenters. The van der Waals surface area contributed by atoms with Gasteiger partial charge in [-0.3, -0.25) is 5.10 Å². The highest BCUT2D eigenvalue weighted by atomic mass is 35.5. The predicted octanol–water partition coefficient (Wildman–Crippen LogP) is 3.90. The van der Waals surface area contributed by atoms with Crippen molar-refractivity contribution in [2.75, 3.05) is 24.0 Å². The second-order valence-electron chi connectivity index (χ2n) is 5.92. The van der Waals surface area contributed by atoms with Crippen molar-refractivity contribution >= 4 is 47.2 Å². The van der Waals surface area contributed by atoms with Crippen molar-refractivity contribution in [3.8, 4) is 0 Å². The lowest BCUT2D eigenvalue weighted by molar-refractivity contribution is 0.588. The van der Waals surface area contributed by atoms with Gasteiger partial charge in [0.1, 0.15) is 12.2 Å². The van der Waals surface area contributed by atoms with Gasteiger partial charge >= 0.3 is 0 Å². The third kappa shape index (κ3) is 4.00. The molecule has 1 aromatic carbocycles. The first-order chi connectivity index (χ1) is 11.8. The molecule has 3 N–H and O–H groups in total. The van der Waals surface area contributed by atoms with Crippen molar-refractivity contribution in [2.45, 2.75) is 6.92 Å². The Morgan fingerprint density at radius 1 is 1.12 bits per heavy atom. The second kappa shape index (κ2) is 6.86. The number of anilines is 4. The van der Waals surface area contributed by atoms with Gasteiger partial charge in [0.2, 0.25) is 5.95 Å². The fourth-order valence-corrected chi connectivity index (χ4v) is 3.58. The lowest BCUT2D eigenvalue weighted by atomic mass is 10.3. The van der Waals surface area contributed by atoms with Gasteiger partial charge in [0.05, 0.1) is 29.5 Å². The van der Waals surface area contributed by atoms with E-state index in [1.807, 2.05) is 31.2 Å². The van der Waals surface area contributed by atoms with Gasteiger partial charge in [0.25, 0.3) is 0 Å². The number of benzene rings is 1. The number of nitrogens with zero attached hydrogens (tertiary/aromatic N) is 3. The molecule has 0 fully saturated rings. The second-order valence-corrected chi connectivity index (χ2v) is 9.51. The summed E-state index contributed by atoms with van der Waals surface area (Å²) in [7, 11) is -2.45. The zero-order valence-electron chi connectivity index (χ0n) is 14.0. The Labute approximate surface area is 150 Å². The highest BCUT2D eigenvalue weighted by molar-refractivity contribution is 7.70. The molecule has 0 aliphatic heterocycles. The van der Waals surface area contributed by atoms with Gasteiger partial charge in [-0.1, -0.05) is 23.7 Å². The van der Waals surface area contributed by atoms with Crippen LogP contribution in [0.1, 0.15) is 5.69 Å². The van der Waals surface area contributed by atoms with E-state index in [9.17, 15) is 4.57 Å². The molecule has 0 radical (unpaired) electrons. The third-order valence-corrected chi connectivity index (χ3v) is 5.38. The smallest absolute Gasteiger partial charge is 0.229 e. The topological polar surface area (TPSA) is 95.6 Å². The van der Waals surface area contributed by atoms with Crippen LogP contribution in [0.3, 0.4) is 0 Å². The van der Waals surface area contributed by atoms with Gasteiger partial charge < -0.3 is 15.2 Å². The molecule has 3 rings (SSSR count). The number of para-hydroxylation sites is 1. The molecular formula is C16H18ClN6OP. The summed E-state index contributed by atoms with van der Waals surface area (Å²) in [6.07, 6.45) is 3.16. The number of halogens is 1. The molecule has 25 heavy (non-hydrogen) atoms. The van der Waals surface area contributed by atoms with Crippen molar-refractivity contribution < 1.29 is 4.57 Å². The first-order valence-electron chi connectivity index (χ1n) is 7.56.